The highest BCUT2D eigenvalue weighted by atomic mass is 35.5. The highest BCUT2D eigenvalue weighted by molar-refractivity contribution is 6.30. The van der Waals surface area contributed by atoms with Crippen LogP contribution in [0.4, 0.5) is 0 Å². The maximum absolute atomic E-state index is 12.7. The van der Waals surface area contributed by atoms with E-state index in [2.05, 4.69) is 4.99 Å². The summed E-state index contributed by atoms with van der Waals surface area (Å²) in [5.41, 5.74) is 1.42. The van der Waals surface area contributed by atoms with Crippen molar-refractivity contribution in [1.29, 1.82) is 0 Å². The number of aliphatic imine (C=N–C) groups is 1. The number of carbonyl (C=O) groups is 2. The molecule has 0 N–H and O–H groups in total. The van der Waals surface area contributed by atoms with E-state index in [4.69, 9.17) is 16.3 Å². The van der Waals surface area contributed by atoms with Gasteiger partial charge in [-0.25, -0.2) is 9.79 Å². The van der Waals surface area contributed by atoms with Crippen LogP contribution in [0.15, 0.2) is 59.2 Å². The Hall–Kier alpha value is -2.92. The molecular formula is C22H19ClN2O3. The van der Waals surface area contributed by atoms with E-state index in [0.29, 0.717) is 34.1 Å². The molecule has 2 heterocycles. The van der Waals surface area contributed by atoms with E-state index in [0.717, 1.165) is 31.5 Å². The van der Waals surface area contributed by atoms with Crippen molar-refractivity contribution in [1.82, 2.24) is 4.90 Å². The molecule has 0 radical (unpaired) electrons. The highest BCUT2D eigenvalue weighted by Gasteiger charge is 2.30. The molecule has 1 saturated heterocycles. The molecule has 2 aliphatic heterocycles. The molecule has 2 aromatic carbocycles. The molecule has 6 heteroatoms. The fourth-order valence-corrected chi connectivity index (χ4v) is 3.46. The van der Waals surface area contributed by atoms with E-state index in [1.165, 1.54) is 0 Å². The number of amides is 1. The van der Waals surface area contributed by atoms with E-state index in [-0.39, 0.29) is 5.91 Å². The lowest BCUT2D eigenvalue weighted by atomic mass is 10.1. The summed E-state index contributed by atoms with van der Waals surface area (Å²) >= 11 is 5.86. The zero-order valence-electron chi connectivity index (χ0n) is 15.2. The maximum atomic E-state index is 12.7. The Labute approximate surface area is 168 Å². The molecule has 5 nitrogen and oxygen atoms in total. The van der Waals surface area contributed by atoms with E-state index < -0.39 is 5.97 Å². The van der Waals surface area contributed by atoms with Gasteiger partial charge in [0.1, 0.15) is 17.3 Å². The first-order valence-electron chi connectivity index (χ1n) is 9.30. The van der Waals surface area contributed by atoms with Gasteiger partial charge in [-0.05, 0) is 49.2 Å². The lowest BCUT2D eigenvalue weighted by Crippen LogP contribution is -2.31. The minimum absolute atomic E-state index is 0.0873. The molecule has 142 valence electrons. The first-order valence-corrected chi connectivity index (χ1v) is 9.67. The third kappa shape index (κ3) is 3.85. The number of para-hydroxylation sites is 1. The van der Waals surface area contributed by atoms with E-state index in [1.807, 2.05) is 6.07 Å². The molecule has 0 unspecified atom stereocenters. The van der Waals surface area contributed by atoms with E-state index in [1.54, 1.807) is 53.4 Å². The standard InChI is InChI=1S/C22H19ClN2O3/c23-17-11-9-15(10-12-17)22(27)28-19-7-4-3-6-16(19)14-18-21(26)25-13-5-1-2-8-20(25)24-18/h3-4,6-7,9-12,14H,1-2,5,8,13H2/b18-14+. The Morgan fingerprint density at radius 1 is 1.07 bits per heavy atom. The molecule has 28 heavy (non-hydrogen) atoms. The smallest absolute Gasteiger partial charge is 0.343 e. The predicted molar refractivity (Wildman–Crippen MR) is 108 cm³/mol. The molecular weight excluding hydrogens is 376 g/mol. The monoisotopic (exact) mass is 394 g/mol. The second-order valence-electron chi connectivity index (χ2n) is 6.76. The van der Waals surface area contributed by atoms with Crippen LogP contribution in [-0.2, 0) is 4.79 Å². The maximum Gasteiger partial charge on any atom is 0.343 e. The molecule has 0 atom stereocenters. The van der Waals surface area contributed by atoms with Crippen LogP contribution >= 0.6 is 11.6 Å². The Kier molecular flexibility index (Phi) is 5.26. The van der Waals surface area contributed by atoms with E-state index in [9.17, 15) is 9.59 Å². The molecule has 1 fully saturated rings. The van der Waals surface area contributed by atoms with Crippen molar-refractivity contribution >= 4 is 35.4 Å². The van der Waals surface area contributed by atoms with Crippen LogP contribution in [-0.4, -0.2) is 29.2 Å². The normalized spacial score (nSPS) is 17.9. The topological polar surface area (TPSA) is 59.0 Å². The molecule has 2 aliphatic rings. The van der Waals surface area contributed by atoms with Gasteiger partial charge in [0.05, 0.1) is 5.56 Å². The van der Waals surface area contributed by atoms with Gasteiger partial charge < -0.3 is 4.74 Å². The van der Waals surface area contributed by atoms with Crippen molar-refractivity contribution in [3.63, 3.8) is 0 Å². The quantitative estimate of drug-likeness (QED) is 0.430. The fraction of sp³-hybridized carbons (Fsp3) is 0.227. The summed E-state index contributed by atoms with van der Waals surface area (Å²) in [5.74, 6) is 0.644. The first-order chi connectivity index (χ1) is 13.6. The number of benzene rings is 2. The fourth-order valence-electron chi connectivity index (χ4n) is 3.33. The molecule has 0 bridgehead atoms. The summed E-state index contributed by atoms with van der Waals surface area (Å²) in [6.07, 6.45) is 5.66. The average Bonchev–Trinajstić information content (AvgIpc) is 2.85. The highest BCUT2D eigenvalue weighted by Crippen LogP contribution is 2.27. The average molecular weight is 395 g/mol. The number of esters is 1. The van der Waals surface area contributed by atoms with Crippen molar-refractivity contribution in [3.05, 3.63) is 70.4 Å². The second-order valence-corrected chi connectivity index (χ2v) is 7.20. The molecule has 0 aromatic heterocycles. The summed E-state index contributed by atoms with van der Waals surface area (Å²) in [6, 6.07) is 13.6. The molecule has 0 saturated carbocycles. The largest absolute Gasteiger partial charge is 0.422 e. The molecule has 4 rings (SSSR count). The third-order valence-electron chi connectivity index (χ3n) is 4.80. The predicted octanol–water partition coefficient (Wildman–Crippen LogP) is 4.71. The molecule has 0 aliphatic carbocycles. The molecule has 0 spiro atoms. The van der Waals surface area contributed by atoms with Crippen molar-refractivity contribution in [2.24, 2.45) is 4.99 Å². The second kappa shape index (κ2) is 7.98. The van der Waals surface area contributed by atoms with Gasteiger partial charge in [-0.15, -0.1) is 0 Å². The Morgan fingerprint density at radius 2 is 1.86 bits per heavy atom. The zero-order chi connectivity index (χ0) is 19.5. The number of halogens is 1. The van der Waals surface area contributed by atoms with Crippen molar-refractivity contribution in [3.8, 4) is 5.75 Å². The summed E-state index contributed by atoms with van der Waals surface area (Å²) in [4.78, 5) is 31.4. The number of carbonyl (C=O) groups excluding carboxylic acids is 2. The van der Waals surface area contributed by atoms with Crippen LogP contribution in [0.5, 0.6) is 5.75 Å². The zero-order valence-corrected chi connectivity index (χ0v) is 16.0. The van der Waals surface area contributed by atoms with Gasteiger partial charge in [-0.1, -0.05) is 36.2 Å². The lowest BCUT2D eigenvalue weighted by molar-refractivity contribution is -0.122. The van der Waals surface area contributed by atoms with Crippen LogP contribution in [0, 0.1) is 0 Å². The minimum Gasteiger partial charge on any atom is -0.422 e. The van der Waals surface area contributed by atoms with Crippen LogP contribution in [0.3, 0.4) is 0 Å². The number of nitrogens with zero attached hydrogens (tertiary/aromatic N) is 2. The summed E-state index contributed by atoms with van der Waals surface area (Å²) in [5, 5.41) is 0.549. The summed E-state index contributed by atoms with van der Waals surface area (Å²) in [6.45, 7) is 0.711. The SMILES string of the molecule is O=C(Oc1ccccc1/C=C1/N=C2CCCCCN2C1=O)c1ccc(Cl)cc1. The van der Waals surface area contributed by atoms with Gasteiger partial charge in [0.2, 0.25) is 0 Å². The Bertz CT molecular complexity index is 980. The number of fused-ring (bicyclic) bond motifs is 1. The van der Waals surface area contributed by atoms with Gasteiger partial charge >= 0.3 is 5.97 Å². The van der Waals surface area contributed by atoms with Gasteiger partial charge in [-0.3, -0.25) is 9.69 Å². The first kappa shape index (κ1) is 18.4. The number of hydrogen-bond acceptors (Lipinski definition) is 4. The van der Waals surface area contributed by atoms with E-state index >= 15 is 0 Å². The van der Waals surface area contributed by atoms with Gasteiger partial charge in [0.15, 0.2) is 0 Å². The minimum atomic E-state index is -0.486. The third-order valence-corrected chi connectivity index (χ3v) is 5.05. The molecule has 1 amide bonds. The van der Waals surface area contributed by atoms with Gasteiger partial charge in [0, 0.05) is 23.6 Å². The summed E-state index contributed by atoms with van der Waals surface area (Å²) < 4.78 is 5.56. The van der Waals surface area contributed by atoms with Crippen molar-refractivity contribution in [2.45, 2.75) is 25.7 Å². The van der Waals surface area contributed by atoms with Gasteiger partial charge in [-0.2, -0.15) is 0 Å². The molecule has 2 aromatic rings. The number of rotatable bonds is 3. The Balaban J connectivity index is 1.60. The van der Waals surface area contributed by atoms with Crippen LogP contribution < -0.4 is 4.74 Å². The number of amidine groups is 1. The van der Waals surface area contributed by atoms with Crippen LogP contribution in [0.1, 0.15) is 41.6 Å². The van der Waals surface area contributed by atoms with Crippen LogP contribution in [0.2, 0.25) is 5.02 Å². The lowest BCUT2D eigenvalue weighted by Gasteiger charge is -2.14. The number of ether oxygens (including phenoxy) is 1. The van der Waals surface area contributed by atoms with Gasteiger partial charge in [0.25, 0.3) is 5.91 Å². The van der Waals surface area contributed by atoms with Crippen LogP contribution in [0.25, 0.3) is 6.08 Å². The van der Waals surface area contributed by atoms with Crippen molar-refractivity contribution in [2.75, 3.05) is 6.54 Å². The van der Waals surface area contributed by atoms with Crippen molar-refractivity contribution < 1.29 is 14.3 Å². The Morgan fingerprint density at radius 3 is 2.68 bits per heavy atom. The summed E-state index contributed by atoms with van der Waals surface area (Å²) in [7, 11) is 0. The number of hydrogen-bond donors (Lipinski definition) is 0.